The van der Waals surface area contributed by atoms with Gasteiger partial charge in [-0.15, -0.1) is 12.4 Å². The van der Waals surface area contributed by atoms with Crippen LogP contribution in [0.15, 0.2) is 22.7 Å². The lowest BCUT2D eigenvalue weighted by Gasteiger charge is -2.05. The predicted octanol–water partition coefficient (Wildman–Crippen LogP) is 2.61. The van der Waals surface area contributed by atoms with E-state index in [9.17, 15) is 13.2 Å². The van der Waals surface area contributed by atoms with E-state index in [0.29, 0.717) is 0 Å². The zero-order valence-electron chi connectivity index (χ0n) is 9.03. The highest BCUT2D eigenvalue weighted by Gasteiger charge is 2.35. The molecule has 0 bridgehead atoms. The lowest BCUT2D eigenvalue weighted by Crippen LogP contribution is -2.10. The van der Waals surface area contributed by atoms with Gasteiger partial charge in [-0.3, -0.25) is 0 Å². The Morgan fingerprint density at radius 3 is 2.67 bits per heavy atom. The number of benzene rings is 1. The van der Waals surface area contributed by atoms with Crippen molar-refractivity contribution in [3.8, 4) is 5.88 Å². The molecule has 0 saturated carbocycles. The van der Waals surface area contributed by atoms with Crippen LogP contribution in [0.5, 0.6) is 5.88 Å². The molecule has 0 atom stereocenters. The molecule has 0 aliphatic rings. The maximum atomic E-state index is 12.6. The fourth-order valence-electron chi connectivity index (χ4n) is 1.42. The second kappa shape index (κ2) is 5.45. The Morgan fingerprint density at radius 1 is 1.33 bits per heavy atom. The van der Waals surface area contributed by atoms with Crippen LogP contribution >= 0.6 is 12.4 Å². The third kappa shape index (κ3) is 2.68. The van der Waals surface area contributed by atoms with Crippen molar-refractivity contribution in [2.24, 2.45) is 5.73 Å². The lowest BCUT2D eigenvalue weighted by atomic mass is 10.1. The Balaban J connectivity index is 0.00000162. The number of hydrogen-bond acceptors (Lipinski definition) is 4. The van der Waals surface area contributed by atoms with Gasteiger partial charge in [-0.2, -0.15) is 13.2 Å². The summed E-state index contributed by atoms with van der Waals surface area (Å²) in [5, 5.41) is 3.64. The van der Waals surface area contributed by atoms with Crippen LogP contribution in [0.4, 0.5) is 13.2 Å². The molecule has 0 unspecified atom stereocenters. The van der Waals surface area contributed by atoms with E-state index in [-0.39, 0.29) is 42.4 Å². The number of alkyl halides is 3. The molecule has 18 heavy (non-hydrogen) atoms. The fraction of sp³-hybridized carbons (Fsp3) is 0.300. The topological polar surface area (TPSA) is 61.3 Å². The van der Waals surface area contributed by atoms with Crippen LogP contribution < -0.4 is 10.5 Å². The Morgan fingerprint density at radius 2 is 2.06 bits per heavy atom. The van der Waals surface area contributed by atoms with Crippen LogP contribution in [0.2, 0.25) is 0 Å². The molecule has 2 aromatic rings. The monoisotopic (exact) mass is 282 g/mol. The summed E-state index contributed by atoms with van der Waals surface area (Å²) in [7, 11) is 0. The summed E-state index contributed by atoms with van der Waals surface area (Å²) in [4.78, 5) is 0. The SMILES string of the molecule is Cl.NCCOc1noc2c(C(F)(F)F)cccc12. The molecule has 2 N–H and O–H groups in total. The van der Waals surface area contributed by atoms with Gasteiger partial charge in [-0.25, -0.2) is 0 Å². The van der Waals surface area contributed by atoms with Crippen LogP contribution in [-0.2, 0) is 6.18 Å². The van der Waals surface area contributed by atoms with Crippen molar-refractivity contribution in [3.63, 3.8) is 0 Å². The number of ether oxygens (including phenoxy) is 1. The second-order valence-electron chi connectivity index (χ2n) is 3.30. The van der Waals surface area contributed by atoms with Gasteiger partial charge in [0.1, 0.15) is 12.2 Å². The minimum absolute atomic E-state index is 0. The molecule has 1 aromatic heterocycles. The molecule has 0 fully saturated rings. The van der Waals surface area contributed by atoms with Crippen LogP contribution in [0, 0.1) is 0 Å². The molecule has 1 aromatic carbocycles. The molecule has 0 aliphatic heterocycles. The molecule has 8 heteroatoms. The van der Waals surface area contributed by atoms with E-state index in [1.54, 1.807) is 0 Å². The maximum Gasteiger partial charge on any atom is 0.420 e. The Kier molecular flexibility index (Phi) is 4.42. The van der Waals surface area contributed by atoms with E-state index in [2.05, 4.69) is 9.68 Å². The van der Waals surface area contributed by atoms with E-state index in [4.69, 9.17) is 10.5 Å². The first kappa shape index (κ1) is 14.6. The molecule has 1 heterocycles. The van der Waals surface area contributed by atoms with Crippen molar-refractivity contribution >= 4 is 23.4 Å². The number of para-hydroxylation sites is 1. The Bertz CT molecular complexity index is 527. The zero-order valence-corrected chi connectivity index (χ0v) is 9.85. The quantitative estimate of drug-likeness (QED) is 0.940. The minimum atomic E-state index is -4.48. The Hall–Kier alpha value is -1.47. The van der Waals surface area contributed by atoms with Crippen LogP contribution in [0.25, 0.3) is 11.0 Å². The molecular weight excluding hydrogens is 273 g/mol. The van der Waals surface area contributed by atoms with Gasteiger partial charge in [-0.05, 0) is 17.3 Å². The van der Waals surface area contributed by atoms with Crippen molar-refractivity contribution in [2.75, 3.05) is 13.2 Å². The number of fused-ring (bicyclic) bond motifs is 1. The number of hydrogen-bond donors (Lipinski definition) is 1. The van der Waals surface area contributed by atoms with Gasteiger partial charge >= 0.3 is 6.18 Å². The summed E-state index contributed by atoms with van der Waals surface area (Å²) in [6.45, 7) is 0.408. The third-order valence-electron chi connectivity index (χ3n) is 2.13. The van der Waals surface area contributed by atoms with E-state index in [1.807, 2.05) is 0 Å². The summed E-state index contributed by atoms with van der Waals surface area (Å²) >= 11 is 0. The molecule has 0 saturated heterocycles. The third-order valence-corrected chi connectivity index (χ3v) is 2.13. The average molecular weight is 283 g/mol. The number of halogens is 4. The zero-order chi connectivity index (χ0) is 12.5. The normalized spacial score (nSPS) is 11.3. The number of aromatic nitrogens is 1. The number of nitrogens with zero attached hydrogens (tertiary/aromatic N) is 1. The van der Waals surface area contributed by atoms with Gasteiger partial charge in [0, 0.05) is 6.54 Å². The van der Waals surface area contributed by atoms with E-state index < -0.39 is 11.7 Å². The second-order valence-corrected chi connectivity index (χ2v) is 3.30. The van der Waals surface area contributed by atoms with Crippen molar-refractivity contribution in [1.29, 1.82) is 0 Å². The van der Waals surface area contributed by atoms with E-state index in [1.165, 1.54) is 12.1 Å². The van der Waals surface area contributed by atoms with E-state index >= 15 is 0 Å². The maximum absolute atomic E-state index is 12.6. The van der Waals surface area contributed by atoms with Gasteiger partial charge in [0.25, 0.3) is 5.88 Å². The van der Waals surface area contributed by atoms with Gasteiger partial charge in [0.05, 0.1) is 5.39 Å². The molecule has 0 radical (unpaired) electrons. The first-order chi connectivity index (χ1) is 8.04. The van der Waals surface area contributed by atoms with Gasteiger partial charge in [0.2, 0.25) is 0 Å². The molecule has 0 spiro atoms. The summed E-state index contributed by atoms with van der Waals surface area (Å²) in [5.41, 5.74) is 4.03. The van der Waals surface area contributed by atoms with Crippen molar-refractivity contribution < 1.29 is 22.4 Å². The lowest BCUT2D eigenvalue weighted by molar-refractivity contribution is -0.137. The largest absolute Gasteiger partial charge is 0.474 e. The van der Waals surface area contributed by atoms with Crippen molar-refractivity contribution in [3.05, 3.63) is 23.8 Å². The van der Waals surface area contributed by atoms with Crippen LogP contribution in [-0.4, -0.2) is 18.3 Å². The van der Waals surface area contributed by atoms with Gasteiger partial charge in [-0.1, -0.05) is 6.07 Å². The highest BCUT2D eigenvalue weighted by atomic mass is 35.5. The Labute approximate surface area is 106 Å². The smallest absolute Gasteiger partial charge is 0.420 e. The molecule has 100 valence electrons. The summed E-state index contributed by atoms with van der Waals surface area (Å²) in [6, 6.07) is 3.66. The standard InChI is InChI=1S/C10H9F3N2O2.ClH/c11-10(12,13)7-3-1-2-6-8(7)17-15-9(6)16-5-4-14;/h1-3H,4-5,14H2;1H. The summed E-state index contributed by atoms with van der Waals surface area (Å²) < 4.78 is 47.6. The molecular formula is C10H10ClF3N2O2. The highest BCUT2D eigenvalue weighted by molar-refractivity contribution is 5.85. The molecule has 4 nitrogen and oxygen atoms in total. The van der Waals surface area contributed by atoms with E-state index in [0.717, 1.165) is 6.07 Å². The fourth-order valence-corrected chi connectivity index (χ4v) is 1.42. The van der Waals surface area contributed by atoms with Crippen molar-refractivity contribution in [2.45, 2.75) is 6.18 Å². The molecule has 0 aliphatic carbocycles. The van der Waals surface area contributed by atoms with Crippen molar-refractivity contribution in [1.82, 2.24) is 5.16 Å². The number of nitrogens with two attached hydrogens (primary N) is 1. The molecule has 0 amide bonds. The van der Waals surface area contributed by atoms with Gasteiger partial charge < -0.3 is 15.0 Å². The van der Waals surface area contributed by atoms with Crippen LogP contribution in [0.1, 0.15) is 5.56 Å². The first-order valence-electron chi connectivity index (χ1n) is 4.82. The minimum Gasteiger partial charge on any atom is -0.474 e. The summed E-state index contributed by atoms with van der Waals surface area (Å²) in [6.07, 6.45) is -4.48. The van der Waals surface area contributed by atoms with Crippen LogP contribution in [0.3, 0.4) is 0 Å². The van der Waals surface area contributed by atoms with Gasteiger partial charge in [0.15, 0.2) is 5.58 Å². The predicted molar refractivity (Wildman–Crippen MR) is 60.8 cm³/mol. The highest BCUT2D eigenvalue weighted by Crippen LogP contribution is 2.37. The first-order valence-corrected chi connectivity index (χ1v) is 4.82. The number of rotatable bonds is 3. The molecule has 2 rings (SSSR count). The summed E-state index contributed by atoms with van der Waals surface area (Å²) in [5.74, 6) is 0.0246. The average Bonchev–Trinajstić information content (AvgIpc) is 2.67.